The number of fused-ring (bicyclic) bond motifs is 1. The molecular formula is C19H20O5. The Morgan fingerprint density at radius 2 is 1.92 bits per heavy atom. The second kappa shape index (κ2) is 6.53. The van der Waals surface area contributed by atoms with E-state index in [1.807, 2.05) is 31.2 Å². The van der Waals surface area contributed by atoms with Crippen molar-refractivity contribution in [3.8, 4) is 17.2 Å². The number of ether oxygens (including phenoxy) is 3. The lowest BCUT2D eigenvalue weighted by Gasteiger charge is -2.32. The Hall–Kier alpha value is -2.53. The maximum Gasteiger partial charge on any atom is 0.308 e. The molecule has 5 heteroatoms. The summed E-state index contributed by atoms with van der Waals surface area (Å²) in [6.07, 6.45) is -0.688. The number of methoxy groups -OCH3 is 1. The van der Waals surface area contributed by atoms with Crippen LogP contribution >= 0.6 is 0 Å². The summed E-state index contributed by atoms with van der Waals surface area (Å²) in [6.45, 7) is 3.52. The van der Waals surface area contributed by atoms with Crippen molar-refractivity contribution in [3.05, 3.63) is 53.1 Å². The van der Waals surface area contributed by atoms with Crippen LogP contribution in [-0.2, 0) is 4.79 Å². The van der Waals surface area contributed by atoms with E-state index in [1.54, 1.807) is 19.2 Å². The first-order chi connectivity index (χ1) is 11.5. The van der Waals surface area contributed by atoms with Crippen LogP contribution in [0.4, 0.5) is 0 Å². The molecule has 0 saturated carbocycles. The summed E-state index contributed by atoms with van der Waals surface area (Å²) in [7, 11) is 1.62. The van der Waals surface area contributed by atoms with Crippen LogP contribution in [0.5, 0.6) is 17.2 Å². The molecule has 2 aromatic rings. The Kier molecular flexibility index (Phi) is 4.44. The van der Waals surface area contributed by atoms with E-state index in [2.05, 4.69) is 0 Å². The number of rotatable bonds is 3. The quantitative estimate of drug-likeness (QED) is 0.693. The van der Waals surface area contributed by atoms with Crippen LogP contribution in [0.2, 0.25) is 0 Å². The molecule has 0 unspecified atom stereocenters. The van der Waals surface area contributed by atoms with Crippen LogP contribution in [0.25, 0.3) is 0 Å². The molecule has 0 saturated heterocycles. The minimum atomic E-state index is -0.688. The molecule has 126 valence electrons. The first-order valence-corrected chi connectivity index (χ1v) is 7.78. The number of hydrogen-bond donors (Lipinski definition) is 1. The average molecular weight is 328 g/mol. The first-order valence-electron chi connectivity index (χ1n) is 7.78. The molecule has 1 N–H and O–H groups in total. The molecule has 1 heterocycles. The Morgan fingerprint density at radius 1 is 1.21 bits per heavy atom. The van der Waals surface area contributed by atoms with E-state index in [9.17, 15) is 9.90 Å². The Bertz CT molecular complexity index is 751. The number of benzene rings is 2. The normalized spacial score (nSPS) is 19.2. The fourth-order valence-corrected chi connectivity index (χ4v) is 3.00. The fraction of sp³-hybridized carbons (Fsp3) is 0.316. The third kappa shape index (κ3) is 2.95. The van der Waals surface area contributed by atoms with Gasteiger partial charge in [-0.05, 0) is 36.8 Å². The molecule has 0 aliphatic carbocycles. The van der Waals surface area contributed by atoms with Gasteiger partial charge in [-0.15, -0.1) is 0 Å². The van der Waals surface area contributed by atoms with Crippen LogP contribution in [0.1, 0.15) is 35.6 Å². The number of hydrogen-bond acceptors (Lipinski definition) is 5. The van der Waals surface area contributed by atoms with Crippen molar-refractivity contribution < 1.29 is 24.1 Å². The van der Waals surface area contributed by atoms with E-state index in [0.717, 1.165) is 16.9 Å². The monoisotopic (exact) mass is 328 g/mol. The lowest BCUT2D eigenvalue weighted by molar-refractivity contribution is -0.131. The molecule has 0 spiro atoms. The molecule has 0 aromatic heterocycles. The molecule has 24 heavy (non-hydrogen) atoms. The second-order valence-electron chi connectivity index (χ2n) is 5.84. The zero-order valence-corrected chi connectivity index (χ0v) is 13.9. The van der Waals surface area contributed by atoms with Gasteiger partial charge in [-0.1, -0.05) is 12.1 Å². The van der Waals surface area contributed by atoms with Gasteiger partial charge < -0.3 is 19.3 Å². The predicted octanol–water partition coefficient (Wildman–Crippen LogP) is 3.14. The summed E-state index contributed by atoms with van der Waals surface area (Å²) in [5, 5.41) is 10.8. The molecule has 3 rings (SSSR count). The van der Waals surface area contributed by atoms with Crippen LogP contribution in [0, 0.1) is 6.92 Å². The number of carbonyl (C=O) groups excluding carboxylic acids is 1. The van der Waals surface area contributed by atoms with Crippen LogP contribution in [0.3, 0.4) is 0 Å². The van der Waals surface area contributed by atoms with Gasteiger partial charge in [0.15, 0.2) is 0 Å². The highest BCUT2D eigenvalue weighted by Gasteiger charge is 2.32. The van der Waals surface area contributed by atoms with Gasteiger partial charge in [0.1, 0.15) is 17.2 Å². The van der Waals surface area contributed by atoms with Crippen molar-refractivity contribution in [2.24, 2.45) is 0 Å². The highest BCUT2D eigenvalue weighted by atomic mass is 16.5. The minimum absolute atomic E-state index is 0.164. The van der Waals surface area contributed by atoms with E-state index >= 15 is 0 Å². The third-order valence-corrected chi connectivity index (χ3v) is 4.29. The van der Waals surface area contributed by atoms with Crippen molar-refractivity contribution >= 4 is 5.97 Å². The highest BCUT2D eigenvalue weighted by molar-refractivity contribution is 5.70. The Labute approximate surface area is 140 Å². The average Bonchev–Trinajstić information content (AvgIpc) is 2.58. The molecule has 0 fully saturated rings. The molecule has 0 bridgehead atoms. The minimum Gasteiger partial charge on any atom is -0.497 e. The van der Waals surface area contributed by atoms with E-state index < -0.39 is 6.10 Å². The highest BCUT2D eigenvalue weighted by Crippen LogP contribution is 2.44. The zero-order valence-electron chi connectivity index (χ0n) is 13.9. The lowest BCUT2D eigenvalue weighted by Crippen LogP contribution is -2.25. The van der Waals surface area contributed by atoms with Gasteiger partial charge >= 0.3 is 5.97 Å². The molecule has 5 nitrogen and oxygen atoms in total. The SMILES string of the molecule is COc1ccc([C@@H]2COc3c(ccc(OC(C)=O)c3C)[C@H]2O)cc1. The number of esters is 1. The van der Waals surface area contributed by atoms with Gasteiger partial charge in [0.2, 0.25) is 0 Å². The first kappa shape index (κ1) is 16.3. The zero-order chi connectivity index (χ0) is 17.3. The largest absolute Gasteiger partial charge is 0.497 e. The summed E-state index contributed by atoms with van der Waals surface area (Å²) >= 11 is 0. The maximum absolute atomic E-state index is 11.2. The molecule has 0 amide bonds. The van der Waals surface area contributed by atoms with Gasteiger partial charge in [-0.25, -0.2) is 0 Å². The number of aliphatic hydroxyl groups excluding tert-OH is 1. The maximum atomic E-state index is 11.2. The molecule has 1 aliphatic rings. The van der Waals surface area contributed by atoms with Gasteiger partial charge in [0.05, 0.1) is 19.8 Å². The molecule has 1 aliphatic heterocycles. The van der Waals surface area contributed by atoms with Crippen LogP contribution in [-0.4, -0.2) is 24.8 Å². The van der Waals surface area contributed by atoms with Crippen molar-refractivity contribution in [1.82, 2.24) is 0 Å². The standard InChI is InChI=1S/C19H20O5/c1-11-17(24-12(2)20)9-8-15-18(21)16(10-23-19(11)15)13-4-6-14(22-3)7-5-13/h4-9,16,18,21H,10H2,1-3H3/t16-,18+/m0/s1. The van der Waals surface area contributed by atoms with Crippen molar-refractivity contribution in [1.29, 1.82) is 0 Å². The topological polar surface area (TPSA) is 65.0 Å². The smallest absolute Gasteiger partial charge is 0.308 e. The van der Waals surface area contributed by atoms with Gasteiger partial charge in [0, 0.05) is 24.0 Å². The van der Waals surface area contributed by atoms with Crippen molar-refractivity contribution in [2.45, 2.75) is 25.9 Å². The summed E-state index contributed by atoms with van der Waals surface area (Å²) in [5.41, 5.74) is 2.40. The van der Waals surface area contributed by atoms with Crippen LogP contribution in [0.15, 0.2) is 36.4 Å². The van der Waals surface area contributed by atoms with E-state index in [-0.39, 0.29) is 11.9 Å². The Morgan fingerprint density at radius 3 is 2.54 bits per heavy atom. The molecule has 0 radical (unpaired) electrons. The molecular weight excluding hydrogens is 308 g/mol. The number of aliphatic hydroxyl groups is 1. The van der Waals surface area contributed by atoms with Crippen molar-refractivity contribution in [3.63, 3.8) is 0 Å². The summed E-state index contributed by atoms with van der Waals surface area (Å²) in [6, 6.07) is 11.0. The fourth-order valence-electron chi connectivity index (χ4n) is 3.00. The van der Waals surface area contributed by atoms with Crippen molar-refractivity contribution in [2.75, 3.05) is 13.7 Å². The summed E-state index contributed by atoms with van der Waals surface area (Å²) in [5.74, 6) is 1.27. The van der Waals surface area contributed by atoms with Gasteiger partial charge in [-0.3, -0.25) is 4.79 Å². The predicted molar refractivity (Wildman–Crippen MR) is 88.7 cm³/mol. The Balaban J connectivity index is 1.91. The van der Waals surface area contributed by atoms with E-state index in [1.165, 1.54) is 6.92 Å². The summed E-state index contributed by atoms with van der Waals surface area (Å²) in [4.78, 5) is 11.2. The molecule has 2 aromatic carbocycles. The third-order valence-electron chi connectivity index (χ3n) is 4.29. The van der Waals surface area contributed by atoms with Gasteiger partial charge in [-0.2, -0.15) is 0 Å². The molecule has 2 atom stereocenters. The number of carbonyl (C=O) groups is 1. The van der Waals surface area contributed by atoms with Gasteiger partial charge in [0.25, 0.3) is 0 Å². The van der Waals surface area contributed by atoms with E-state index in [0.29, 0.717) is 23.7 Å². The lowest BCUT2D eigenvalue weighted by atomic mass is 9.86. The van der Waals surface area contributed by atoms with Crippen LogP contribution < -0.4 is 14.2 Å². The van der Waals surface area contributed by atoms with E-state index in [4.69, 9.17) is 14.2 Å². The second-order valence-corrected chi connectivity index (χ2v) is 5.84. The summed E-state index contributed by atoms with van der Waals surface area (Å²) < 4.78 is 16.2.